The van der Waals surface area contributed by atoms with Crippen molar-refractivity contribution in [1.82, 2.24) is 20.3 Å². The smallest absolute Gasteiger partial charge is 0.317 e. The molecule has 1 saturated carbocycles. The topological polar surface area (TPSA) is 78.7 Å². The Morgan fingerprint density at radius 1 is 1.38 bits per heavy atom. The van der Waals surface area contributed by atoms with Gasteiger partial charge in [0.25, 0.3) is 0 Å². The van der Waals surface area contributed by atoms with Crippen molar-refractivity contribution in [2.45, 2.75) is 52.1 Å². The molecule has 3 aliphatic rings. The van der Waals surface area contributed by atoms with Crippen molar-refractivity contribution >= 4 is 11.9 Å². The molecule has 2 aliphatic heterocycles. The average molecular weight is 332 g/mol. The molecule has 1 spiro atoms. The van der Waals surface area contributed by atoms with Crippen LogP contribution in [-0.2, 0) is 11.3 Å². The van der Waals surface area contributed by atoms with Crippen LogP contribution < -0.4 is 5.32 Å². The second kappa shape index (κ2) is 5.50. The van der Waals surface area contributed by atoms with Crippen molar-refractivity contribution in [2.75, 3.05) is 19.6 Å². The summed E-state index contributed by atoms with van der Waals surface area (Å²) in [5.41, 5.74) is 1.76. The number of likely N-dealkylation sites (tertiary alicyclic amines) is 2. The number of nitrogens with zero attached hydrogens (tertiary/aromatic N) is 3. The highest BCUT2D eigenvalue weighted by Gasteiger charge is 2.48. The van der Waals surface area contributed by atoms with Crippen molar-refractivity contribution in [3.63, 3.8) is 0 Å². The zero-order valence-corrected chi connectivity index (χ0v) is 14.3. The predicted molar refractivity (Wildman–Crippen MR) is 86.2 cm³/mol. The number of amides is 3. The molecule has 0 radical (unpaired) electrons. The van der Waals surface area contributed by atoms with Gasteiger partial charge in [0.1, 0.15) is 5.76 Å². The molecule has 130 valence electrons. The van der Waals surface area contributed by atoms with E-state index in [0.717, 1.165) is 42.8 Å². The van der Waals surface area contributed by atoms with E-state index >= 15 is 0 Å². The summed E-state index contributed by atoms with van der Waals surface area (Å²) in [5, 5.41) is 7.01. The van der Waals surface area contributed by atoms with Gasteiger partial charge in [-0.15, -0.1) is 0 Å². The first-order valence-corrected chi connectivity index (χ1v) is 8.71. The first-order valence-electron chi connectivity index (χ1n) is 8.71. The van der Waals surface area contributed by atoms with Crippen molar-refractivity contribution in [3.8, 4) is 0 Å². The zero-order chi connectivity index (χ0) is 16.9. The van der Waals surface area contributed by atoms with E-state index in [2.05, 4.69) is 10.5 Å². The number of carbonyl (C=O) groups is 2. The van der Waals surface area contributed by atoms with Gasteiger partial charge < -0.3 is 19.6 Å². The lowest BCUT2D eigenvalue weighted by Crippen LogP contribution is -2.41. The van der Waals surface area contributed by atoms with Crippen LogP contribution in [0, 0.1) is 19.3 Å². The van der Waals surface area contributed by atoms with E-state index in [4.69, 9.17) is 4.52 Å². The van der Waals surface area contributed by atoms with E-state index in [0.29, 0.717) is 32.1 Å². The van der Waals surface area contributed by atoms with Crippen molar-refractivity contribution in [2.24, 2.45) is 5.41 Å². The highest BCUT2D eigenvalue weighted by Crippen LogP contribution is 2.41. The average Bonchev–Trinajstić information content (AvgIpc) is 3.06. The van der Waals surface area contributed by atoms with Crippen LogP contribution in [0.3, 0.4) is 0 Å². The summed E-state index contributed by atoms with van der Waals surface area (Å²) in [4.78, 5) is 28.5. The van der Waals surface area contributed by atoms with Crippen LogP contribution in [0.25, 0.3) is 0 Å². The standard InChI is InChI=1S/C17H24N4O3/c1-11-14(12(2)24-19-11)8-21-10-17(7-15(21)22)5-6-20(9-17)16(23)18-13-3-4-13/h13H,3-10H2,1-2H3,(H,18,23)/t17-/m0/s1. The molecule has 7 heteroatoms. The first kappa shape index (κ1) is 15.5. The summed E-state index contributed by atoms with van der Waals surface area (Å²) in [7, 11) is 0. The van der Waals surface area contributed by atoms with E-state index in [-0.39, 0.29) is 17.4 Å². The number of nitrogens with one attached hydrogen (secondary N) is 1. The van der Waals surface area contributed by atoms with Gasteiger partial charge in [-0.25, -0.2) is 4.79 Å². The van der Waals surface area contributed by atoms with Gasteiger partial charge in [0.05, 0.1) is 12.2 Å². The molecule has 1 atom stereocenters. The maximum atomic E-state index is 12.5. The Kier molecular flexibility index (Phi) is 3.54. The monoisotopic (exact) mass is 332 g/mol. The van der Waals surface area contributed by atoms with Gasteiger partial charge in [0.2, 0.25) is 5.91 Å². The van der Waals surface area contributed by atoms with Crippen LogP contribution in [0.1, 0.15) is 42.7 Å². The molecule has 0 bridgehead atoms. The first-order chi connectivity index (χ1) is 11.5. The molecule has 1 aliphatic carbocycles. The third kappa shape index (κ3) is 2.76. The van der Waals surface area contributed by atoms with Crippen LogP contribution in [0.5, 0.6) is 0 Å². The second-order valence-electron chi connectivity index (χ2n) is 7.62. The van der Waals surface area contributed by atoms with Gasteiger partial charge in [0.15, 0.2) is 0 Å². The summed E-state index contributed by atoms with van der Waals surface area (Å²) in [5.74, 6) is 0.942. The highest BCUT2D eigenvalue weighted by atomic mass is 16.5. The van der Waals surface area contributed by atoms with Gasteiger partial charge >= 0.3 is 6.03 Å². The summed E-state index contributed by atoms with van der Waals surface area (Å²) in [6.07, 6.45) is 3.61. The molecule has 4 rings (SSSR count). The van der Waals surface area contributed by atoms with Crippen molar-refractivity contribution in [3.05, 3.63) is 17.0 Å². The molecule has 2 saturated heterocycles. The number of urea groups is 1. The van der Waals surface area contributed by atoms with E-state index in [9.17, 15) is 9.59 Å². The lowest BCUT2D eigenvalue weighted by Gasteiger charge is -2.24. The van der Waals surface area contributed by atoms with E-state index in [1.54, 1.807) is 0 Å². The Bertz CT molecular complexity index is 662. The molecule has 0 unspecified atom stereocenters. The van der Waals surface area contributed by atoms with E-state index < -0.39 is 0 Å². The molecular formula is C17H24N4O3. The Hall–Kier alpha value is -2.05. The Balaban J connectivity index is 1.41. The van der Waals surface area contributed by atoms with Crippen LogP contribution in [0.15, 0.2) is 4.52 Å². The molecular weight excluding hydrogens is 308 g/mol. The zero-order valence-electron chi connectivity index (χ0n) is 14.3. The maximum absolute atomic E-state index is 12.5. The fourth-order valence-electron chi connectivity index (χ4n) is 3.92. The SMILES string of the molecule is Cc1noc(C)c1CN1C[C@@]2(CCN(C(=O)NC3CC3)C2)CC1=O. The lowest BCUT2D eigenvalue weighted by molar-refractivity contribution is -0.128. The predicted octanol–water partition coefficient (Wildman–Crippen LogP) is 1.59. The van der Waals surface area contributed by atoms with Gasteiger partial charge in [-0.3, -0.25) is 4.79 Å². The minimum Gasteiger partial charge on any atom is -0.361 e. The van der Waals surface area contributed by atoms with Crippen LogP contribution >= 0.6 is 0 Å². The number of carbonyl (C=O) groups excluding carboxylic acids is 2. The molecule has 0 aromatic carbocycles. The van der Waals surface area contributed by atoms with Crippen LogP contribution in [0.4, 0.5) is 4.79 Å². The molecule has 7 nitrogen and oxygen atoms in total. The highest BCUT2D eigenvalue weighted by molar-refractivity contribution is 5.80. The summed E-state index contributed by atoms with van der Waals surface area (Å²) >= 11 is 0. The summed E-state index contributed by atoms with van der Waals surface area (Å²) in [6, 6.07) is 0.404. The Labute approximate surface area is 141 Å². The van der Waals surface area contributed by atoms with Crippen molar-refractivity contribution in [1.29, 1.82) is 0 Å². The van der Waals surface area contributed by atoms with Gasteiger partial charge in [-0.1, -0.05) is 5.16 Å². The fourth-order valence-corrected chi connectivity index (χ4v) is 3.92. The second-order valence-corrected chi connectivity index (χ2v) is 7.62. The Morgan fingerprint density at radius 3 is 2.83 bits per heavy atom. The van der Waals surface area contributed by atoms with Gasteiger partial charge in [-0.2, -0.15) is 0 Å². The number of aryl methyl sites for hydroxylation is 2. The van der Waals surface area contributed by atoms with Crippen molar-refractivity contribution < 1.29 is 14.1 Å². The fraction of sp³-hybridized carbons (Fsp3) is 0.706. The van der Waals surface area contributed by atoms with E-state index in [1.165, 1.54) is 0 Å². The summed E-state index contributed by atoms with van der Waals surface area (Å²) in [6.45, 7) is 6.46. The third-order valence-electron chi connectivity index (χ3n) is 5.57. The number of rotatable bonds is 3. The molecule has 3 heterocycles. The summed E-state index contributed by atoms with van der Waals surface area (Å²) < 4.78 is 5.20. The molecule has 1 N–H and O–H groups in total. The van der Waals surface area contributed by atoms with Gasteiger partial charge in [-0.05, 0) is 33.1 Å². The van der Waals surface area contributed by atoms with Crippen LogP contribution in [0.2, 0.25) is 0 Å². The molecule has 3 fully saturated rings. The number of hydrogen-bond donors (Lipinski definition) is 1. The van der Waals surface area contributed by atoms with Gasteiger partial charge in [0, 0.05) is 43.1 Å². The van der Waals surface area contributed by atoms with Crippen LogP contribution in [-0.4, -0.2) is 52.6 Å². The third-order valence-corrected chi connectivity index (χ3v) is 5.57. The molecule has 24 heavy (non-hydrogen) atoms. The normalized spacial score (nSPS) is 26.7. The largest absolute Gasteiger partial charge is 0.361 e. The van der Waals surface area contributed by atoms with E-state index in [1.807, 2.05) is 23.6 Å². The molecule has 1 aromatic rings. The number of aromatic nitrogens is 1. The maximum Gasteiger partial charge on any atom is 0.317 e. The number of hydrogen-bond acceptors (Lipinski definition) is 4. The molecule has 1 aromatic heterocycles. The minimum atomic E-state index is -0.0864. The Morgan fingerprint density at radius 2 is 2.17 bits per heavy atom. The quantitative estimate of drug-likeness (QED) is 0.912. The minimum absolute atomic E-state index is 0.0333. The lowest BCUT2D eigenvalue weighted by atomic mass is 9.86. The molecule has 3 amide bonds.